The molecule has 2 heteroatoms. The Bertz CT molecular complexity index is 1320. The lowest BCUT2D eigenvalue weighted by Gasteiger charge is -2.28. The number of carbonyl (C=O) groups is 1. The van der Waals surface area contributed by atoms with Crippen LogP contribution in [-0.4, -0.2) is 5.78 Å². The summed E-state index contributed by atoms with van der Waals surface area (Å²) < 4.78 is 0. The average molecular weight is 432 g/mol. The number of nitrogens with zero attached hydrogens (tertiary/aromatic N) is 1. The van der Waals surface area contributed by atoms with Crippen LogP contribution < -0.4 is 4.90 Å². The third kappa shape index (κ3) is 3.56. The fraction of sp³-hybridized carbons (Fsp3) is 0.194. The van der Waals surface area contributed by atoms with Crippen molar-refractivity contribution < 1.29 is 4.79 Å². The summed E-state index contributed by atoms with van der Waals surface area (Å²) in [6.45, 7) is 10.4. The van der Waals surface area contributed by atoms with Gasteiger partial charge in [-0.3, -0.25) is 4.79 Å². The van der Waals surface area contributed by atoms with Crippen molar-refractivity contribution in [2.24, 2.45) is 0 Å². The fourth-order valence-corrected chi connectivity index (χ4v) is 4.92. The van der Waals surface area contributed by atoms with Gasteiger partial charge in [-0.25, -0.2) is 0 Å². The van der Waals surface area contributed by atoms with Crippen LogP contribution in [-0.2, 0) is 5.41 Å². The zero-order valence-electron chi connectivity index (χ0n) is 19.9. The van der Waals surface area contributed by atoms with E-state index >= 15 is 0 Å². The van der Waals surface area contributed by atoms with Gasteiger partial charge in [-0.05, 0) is 85.5 Å². The summed E-state index contributed by atoms with van der Waals surface area (Å²) in [5, 5.41) is 0. The first-order valence-electron chi connectivity index (χ1n) is 11.5. The molecule has 2 nitrogen and oxygen atoms in total. The lowest BCUT2D eigenvalue weighted by molar-refractivity contribution is 0.101. The van der Waals surface area contributed by atoms with Crippen LogP contribution in [0.2, 0.25) is 0 Å². The quantitative estimate of drug-likeness (QED) is 0.303. The van der Waals surface area contributed by atoms with Gasteiger partial charge in [0.1, 0.15) is 0 Å². The Morgan fingerprint density at radius 3 is 1.61 bits per heavy atom. The molecule has 5 rings (SSSR count). The molecule has 0 saturated carbocycles. The van der Waals surface area contributed by atoms with Crippen LogP contribution >= 0.6 is 0 Å². The van der Waals surface area contributed by atoms with E-state index in [1.54, 1.807) is 6.92 Å². The summed E-state index contributed by atoms with van der Waals surface area (Å²) in [7, 11) is 0. The minimum atomic E-state index is -0.182. The van der Waals surface area contributed by atoms with Gasteiger partial charge in [0.05, 0.1) is 0 Å². The number of ketones is 1. The van der Waals surface area contributed by atoms with Crippen molar-refractivity contribution in [2.75, 3.05) is 4.90 Å². The number of anilines is 3. The van der Waals surface area contributed by atoms with Crippen LogP contribution in [0.5, 0.6) is 0 Å². The molecule has 0 saturated heterocycles. The van der Waals surface area contributed by atoms with Crippen LogP contribution in [0.3, 0.4) is 0 Å². The number of fused-ring (bicyclic) bond motifs is 3. The van der Waals surface area contributed by atoms with Gasteiger partial charge in [-0.2, -0.15) is 0 Å². The summed E-state index contributed by atoms with van der Waals surface area (Å²) in [5.74, 6) is 0.107. The van der Waals surface area contributed by atoms with Crippen LogP contribution in [0, 0.1) is 13.8 Å². The van der Waals surface area contributed by atoms with E-state index in [4.69, 9.17) is 0 Å². The number of hydrogen-bond donors (Lipinski definition) is 0. The van der Waals surface area contributed by atoms with E-state index in [1.165, 1.54) is 33.4 Å². The molecule has 0 N–H and O–H groups in total. The van der Waals surface area contributed by atoms with Gasteiger partial charge in [-0.1, -0.05) is 67.4 Å². The Labute approximate surface area is 196 Å². The van der Waals surface area contributed by atoms with E-state index in [9.17, 15) is 4.79 Å². The monoisotopic (exact) mass is 431 g/mol. The molecule has 0 unspecified atom stereocenters. The minimum absolute atomic E-state index is 0.107. The molecule has 0 amide bonds. The number of Topliss-reactive ketones (excluding diaryl/α,β-unsaturated/α-hetero) is 1. The molecule has 33 heavy (non-hydrogen) atoms. The van der Waals surface area contributed by atoms with E-state index in [0.717, 1.165) is 22.6 Å². The number of carbonyl (C=O) groups excluding carboxylic acids is 1. The zero-order chi connectivity index (χ0) is 23.3. The van der Waals surface area contributed by atoms with Crippen LogP contribution in [0.15, 0.2) is 84.9 Å². The molecule has 0 heterocycles. The van der Waals surface area contributed by atoms with Gasteiger partial charge in [0, 0.05) is 28.0 Å². The molecule has 0 radical (unpaired) electrons. The second-order valence-corrected chi connectivity index (χ2v) is 9.68. The molecule has 1 aliphatic carbocycles. The second-order valence-electron chi connectivity index (χ2n) is 9.68. The Morgan fingerprint density at radius 1 is 0.636 bits per heavy atom. The molecule has 0 aliphatic heterocycles. The molecule has 164 valence electrons. The van der Waals surface area contributed by atoms with Gasteiger partial charge < -0.3 is 4.90 Å². The zero-order valence-corrected chi connectivity index (χ0v) is 19.9. The third-order valence-electron chi connectivity index (χ3n) is 6.91. The van der Waals surface area contributed by atoms with Crippen molar-refractivity contribution in [2.45, 2.75) is 40.0 Å². The highest BCUT2D eigenvalue weighted by atomic mass is 16.1. The summed E-state index contributed by atoms with van der Waals surface area (Å²) in [5.41, 5.74) is 11.5. The number of hydrogen-bond acceptors (Lipinski definition) is 2. The molecular weight excluding hydrogens is 402 g/mol. The van der Waals surface area contributed by atoms with E-state index in [1.807, 2.05) is 6.07 Å². The Balaban J connectivity index is 1.67. The minimum Gasteiger partial charge on any atom is -0.310 e. The molecule has 0 atom stereocenters. The maximum absolute atomic E-state index is 12.0. The van der Waals surface area contributed by atoms with Crippen molar-refractivity contribution in [1.82, 2.24) is 0 Å². The molecule has 0 fully saturated rings. The predicted molar refractivity (Wildman–Crippen MR) is 138 cm³/mol. The van der Waals surface area contributed by atoms with E-state index in [2.05, 4.69) is 111 Å². The number of aryl methyl sites for hydroxylation is 2. The normalized spacial score (nSPS) is 13.4. The van der Waals surface area contributed by atoms with Crippen molar-refractivity contribution in [3.05, 3.63) is 113 Å². The maximum atomic E-state index is 12.0. The average Bonchev–Trinajstić information content (AvgIpc) is 3.03. The number of benzene rings is 4. The molecule has 0 aromatic heterocycles. The Morgan fingerprint density at radius 2 is 1.09 bits per heavy atom. The summed E-state index contributed by atoms with van der Waals surface area (Å²) in [4.78, 5) is 14.3. The highest BCUT2D eigenvalue weighted by Crippen LogP contribution is 2.50. The Kier molecular flexibility index (Phi) is 4.97. The van der Waals surface area contributed by atoms with Gasteiger partial charge in [0.15, 0.2) is 5.78 Å². The lowest BCUT2D eigenvalue weighted by atomic mass is 9.81. The van der Waals surface area contributed by atoms with Crippen LogP contribution in [0.25, 0.3) is 11.1 Å². The highest BCUT2D eigenvalue weighted by Gasteiger charge is 2.36. The largest absolute Gasteiger partial charge is 0.310 e. The predicted octanol–water partition coefficient (Wildman–Crippen LogP) is 8.28. The first-order valence-corrected chi connectivity index (χ1v) is 11.5. The first kappa shape index (κ1) is 21.2. The first-order chi connectivity index (χ1) is 15.8. The molecule has 0 bridgehead atoms. The van der Waals surface area contributed by atoms with E-state index in [0.29, 0.717) is 0 Å². The van der Waals surface area contributed by atoms with Crippen LogP contribution in [0.1, 0.15) is 53.4 Å². The lowest BCUT2D eigenvalue weighted by Crippen LogP contribution is -2.17. The molecule has 1 aliphatic rings. The van der Waals surface area contributed by atoms with Gasteiger partial charge >= 0.3 is 0 Å². The molecule has 4 aromatic rings. The molecular formula is C31H29NO. The van der Waals surface area contributed by atoms with Gasteiger partial charge in [0.25, 0.3) is 0 Å². The maximum Gasteiger partial charge on any atom is 0.159 e. The van der Waals surface area contributed by atoms with Crippen LogP contribution in [0.4, 0.5) is 17.1 Å². The van der Waals surface area contributed by atoms with Gasteiger partial charge in [0.2, 0.25) is 0 Å². The topological polar surface area (TPSA) is 20.3 Å². The van der Waals surface area contributed by atoms with E-state index in [-0.39, 0.29) is 11.2 Å². The Hall–Kier alpha value is -3.65. The fourth-order valence-electron chi connectivity index (χ4n) is 4.92. The summed E-state index contributed by atoms with van der Waals surface area (Å²) >= 11 is 0. The SMILES string of the molecule is CC(=O)c1ccc2c(c1)C(C)(C)c1cc(N(c3ccc(C)cc3)c3ccc(C)cc3)ccc1-2. The van der Waals surface area contributed by atoms with Crippen molar-refractivity contribution in [1.29, 1.82) is 0 Å². The summed E-state index contributed by atoms with van der Waals surface area (Å²) in [6, 6.07) is 30.3. The standard InChI is InChI=1S/C31H29NO/c1-20-6-11-24(12-7-20)32(25-13-8-21(2)9-14-25)26-15-17-28-27-16-10-23(22(3)33)18-29(27)31(4,5)30(28)19-26/h6-19H,1-5H3. The third-order valence-corrected chi connectivity index (χ3v) is 6.91. The molecule has 0 spiro atoms. The highest BCUT2D eigenvalue weighted by molar-refractivity contribution is 5.96. The number of rotatable bonds is 4. The second kappa shape index (κ2) is 7.74. The van der Waals surface area contributed by atoms with E-state index < -0.39 is 0 Å². The van der Waals surface area contributed by atoms with Crippen molar-refractivity contribution in [3.63, 3.8) is 0 Å². The van der Waals surface area contributed by atoms with Crippen molar-refractivity contribution >= 4 is 22.8 Å². The molecule has 4 aromatic carbocycles. The van der Waals surface area contributed by atoms with Gasteiger partial charge in [-0.15, -0.1) is 0 Å². The smallest absolute Gasteiger partial charge is 0.159 e. The summed E-state index contributed by atoms with van der Waals surface area (Å²) in [6.07, 6.45) is 0. The van der Waals surface area contributed by atoms with Crippen molar-refractivity contribution in [3.8, 4) is 11.1 Å².